The largest absolute Gasteiger partial charge is 0.365 e. The van der Waals surface area contributed by atoms with Gasteiger partial charge in [0.2, 0.25) is 0 Å². The number of nitrogens with zero attached hydrogens (tertiary/aromatic N) is 2. The van der Waals surface area contributed by atoms with Gasteiger partial charge in [0.25, 0.3) is 0 Å². The zero-order chi connectivity index (χ0) is 8.97. The molecule has 1 atom stereocenters. The van der Waals surface area contributed by atoms with Crippen LogP contribution >= 0.6 is 11.6 Å². The highest BCUT2D eigenvalue weighted by Crippen LogP contribution is 2.06. The van der Waals surface area contributed by atoms with E-state index in [0.717, 1.165) is 0 Å². The van der Waals surface area contributed by atoms with Gasteiger partial charge in [0, 0.05) is 12.6 Å². The number of halogens is 1. The lowest BCUT2D eigenvalue weighted by molar-refractivity contribution is 0.792. The van der Waals surface area contributed by atoms with Crippen molar-refractivity contribution in [1.29, 1.82) is 0 Å². The Bertz CT molecular complexity index is 236. The van der Waals surface area contributed by atoms with Gasteiger partial charge in [-0.25, -0.2) is 0 Å². The van der Waals surface area contributed by atoms with E-state index in [4.69, 9.17) is 17.3 Å². The van der Waals surface area contributed by atoms with Crippen molar-refractivity contribution in [2.24, 2.45) is 5.73 Å². The van der Waals surface area contributed by atoms with Crippen LogP contribution in [0.1, 0.15) is 6.92 Å². The molecule has 0 aliphatic heterocycles. The molecule has 1 unspecified atom stereocenters. The van der Waals surface area contributed by atoms with E-state index in [1.54, 1.807) is 12.1 Å². The molecular weight excluding hydrogens is 176 g/mol. The van der Waals surface area contributed by atoms with Crippen molar-refractivity contribution in [2.75, 3.05) is 11.9 Å². The highest BCUT2D eigenvalue weighted by atomic mass is 35.5. The molecule has 0 saturated heterocycles. The van der Waals surface area contributed by atoms with Crippen molar-refractivity contribution >= 4 is 17.4 Å². The maximum Gasteiger partial charge on any atom is 0.151 e. The molecule has 1 heterocycles. The Morgan fingerprint density at radius 1 is 1.58 bits per heavy atom. The van der Waals surface area contributed by atoms with Crippen LogP contribution in [0.4, 0.5) is 5.82 Å². The van der Waals surface area contributed by atoms with E-state index in [1.165, 1.54) is 0 Å². The minimum absolute atomic E-state index is 0.195. The first-order chi connectivity index (χ1) is 5.72. The minimum Gasteiger partial charge on any atom is -0.365 e. The van der Waals surface area contributed by atoms with Crippen LogP contribution in [0.15, 0.2) is 12.1 Å². The lowest BCUT2D eigenvalue weighted by atomic mass is 10.3. The Kier molecular flexibility index (Phi) is 3.25. The third-order valence-electron chi connectivity index (χ3n) is 1.38. The smallest absolute Gasteiger partial charge is 0.151 e. The first kappa shape index (κ1) is 9.22. The lowest BCUT2D eigenvalue weighted by Gasteiger charge is -2.10. The van der Waals surface area contributed by atoms with Gasteiger partial charge >= 0.3 is 0 Å². The van der Waals surface area contributed by atoms with Crippen LogP contribution in [0.3, 0.4) is 0 Å². The van der Waals surface area contributed by atoms with E-state index in [1.807, 2.05) is 6.92 Å². The van der Waals surface area contributed by atoms with Crippen molar-refractivity contribution in [3.05, 3.63) is 17.3 Å². The molecule has 0 fully saturated rings. The highest BCUT2D eigenvalue weighted by molar-refractivity contribution is 6.29. The van der Waals surface area contributed by atoms with Crippen LogP contribution in [0.5, 0.6) is 0 Å². The second kappa shape index (κ2) is 4.23. The fraction of sp³-hybridized carbons (Fsp3) is 0.429. The van der Waals surface area contributed by atoms with Gasteiger partial charge in [0.15, 0.2) is 5.15 Å². The molecule has 0 saturated carbocycles. The van der Waals surface area contributed by atoms with E-state index < -0.39 is 0 Å². The normalized spacial score (nSPS) is 12.6. The maximum atomic E-state index is 5.56. The molecule has 1 aromatic rings. The Morgan fingerprint density at radius 3 is 2.83 bits per heavy atom. The van der Waals surface area contributed by atoms with Crippen LogP contribution < -0.4 is 11.1 Å². The van der Waals surface area contributed by atoms with Gasteiger partial charge in [0.05, 0.1) is 0 Å². The monoisotopic (exact) mass is 186 g/mol. The second-order valence-corrected chi connectivity index (χ2v) is 2.91. The molecule has 1 aromatic heterocycles. The molecule has 0 spiro atoms. The molecule has 12 heavy (non-hydrogen) atoms. The summed E-state index contributed by atoms with van der Waals surface area (Å²) < 4.78 is 0. The molecule has 3 N–H and O–H groups in total. The summed E-state index contributed by atoms with van der Waals surface area (Å²) in [6.07, 6.45) is 0. The van der Waals surface area contributed by atoms with Crippen LogP contribution in [-0.4, -0.2) is 22.8 Å². The summed E-state index contributed by atoms with van der Waals surface area (Å²) in [4.78, 5) is 0. The highest BCUT2D eigenvalue weighted by Gasteiger charge is 1.99. The van der Waals surface area contributed by atoms with Crippen molar-refractivity contribution in [3.8, 4) is 0 Å². The standard InChI is InChI=1S/C7H11ClN4/c1-5(4-9)10-7-3-2-6(8)11-12-7/h2-3,5H,4,9H2,1H3,(H,10,12). The Hall–Kier alpha value is -0.870. The molecule has 66 valence electrons. The third-order valence-corrected chi connectivity index (χ3v) is 1.58. The Balaban J connectivity index is 2.58. The number of hydrogen-bond donors (Lipinski definition) is 2. The number of rotatable bonds is 3. The second-order valence-electron chi connectivity index (χ2n) is 2.52. The van der Waals surface area contributed by atoms with Crippen LogP contribution in [0.2, 0.25) is 5.15 Å². The zero-order valence-electron chi connectivity index (χ0n) is 6.79. The predicted octanol–water partition coefficient (Wildman–Crippen LogP) is 0.889. The van der Waals surface area contributed by atoms with Crippen molar-refractivity contribution in [3.63, 3.8) is 0 Å². The van der Waals surface area contributed by atoms with Crippen molar-refractivity contribution < 1.29 is 0 Å². The average molecular weight is 187 g/mol. The fourth-order valence-electron chi connectivity index (χ4n) is 0.704. The summed E-state index contributed by atoms with van der Waals surface area (Å²) in [5.41, 5.74) is 5.41. The molecule has 0 amide bonds. The summed E-state index contributed by atoms with van der Waals surface area (Å²) in [5, 5.41) is 10.9. The summed E-state index contributed by atoms with van der Waals surface area (Å²) in [6, 6.07) is 3.64. The summed E-state index contributed by atoms with van der Waals surface area (Å²) in [5.74, 6) is 0.692. The molecule has 0 aromatic carbocycles. The van der Waals surface area contributed by atoms with E-state index in [2.05, 4.69) is 15.5 Å². The van der Waals surface area contributed by atoms with Crippen LogP contribution in [-0.2, 0) is 0 Å². The van der Waals surface area contributed by atoms with E-state index in [9.17, 15) is 0 Å². The summed E-state index contributed by atoms with van der Waals surface area (Å²) in [6.45, 7) is 2.53. The summed E-state index contributed by atoms with van der Waals surface area (Å²) in [7, 11) is 0. The maximum absolute atomic E-state index is 5.56. The fourth-order valence-corrected chi connectivity index (χ4v) is 0.805. The third kappa shape index (κ3) is 2.64. The number of hydrogen-bond acceptors (Lipinski definition) is 4. The summed E-state index contributed by atoms with van der Waals surface area (Å²) >= 11 is 5.56. The lowest BCUT2D eigenvalue weighted by Crippen LogP contribution is -2.25. The van der Waals surface area contributed by atoms with Gasteiger partial charge in [-0.2, -0.15) is 0 Å². The Morgan fingerprint density at radius 2 is 2.33 bits per heavy atom. The molecule has 0 radical (unpaired) electrons. The molecule has 0 bridgehead atoms. The van der Waals surface area contributed by atoms with Crippen molar-refractivity contribution in [2.45, 2.75) is 13.0 Å². The first-order valence-corrected chi connectivity index (χ1v) is 4.06. The quantitative estimate of drug-likeness (QED) is 0.736. The van der Waals surface area contributed by atoms with Crippen LogP contribution in [0.25, 0.3) is 0 Å². The molecule has 0 aliphatic carbocycles. The number of anilines is 1. The van der Waals surface area contributed by atoms with E-state index in [-0.39, 0.29) is 6.04 Å². The average Bonchev–Trinajstić information content (AvgIpc) is 2.09. The van der Waals surface area contributed by atoms with E-state index in [0.29, 0.717) is 17.5 Å². The Labute approximate surface area is 76.1 Å². The molecule has 1 rings (SSSR count). The number of nitrogens with one attached hydrogen (secondary N) is 1. The topological polar surface area (TPSA) is 63.8 Å². The SMILES string of the molecule is CC(CN)Nc1ccc(Cl)nn1. The number of aromatic nitrogens is 2. The van der Waals surface area contributed by atoms with Crippen LogP contribution in [0, 0.1) is 0 Å². The number of nitrogens with two attached hydrogens (primary N) is 1. The van der Waals surface area contributed by atoms with E-state index >= 15 is 0 Å². The van der Waals surface area contributed by atoms with Gasteiger partial charge in [-0.15, -0.1) is 10.2 Å². The molecule has 5 heteroatoms. The minimum atomic E-state index is 0.195. The van der Waals surface area contributed by atoms with Gasteiger partial charge in [-0.05, 0) is 19.1 Å². The first-order valence-electron chi connectivity index (χ1n) is 3.68. The van der Waals surface area contributed by atoms with Gasteiger partial charge in [0.1, 0.15) is 5.82 Å². The van der Waals surface area contributed by atoms with Gasteiger partial charge in [-0.1, -0.05) is 11.6 Å². The van der Waals surface area contributed by atoms with Crippen molar-refractivity contribution in [1.82, 2.24) is 10.2 Å². The molecule has 0 aliphatic rings. The van der Waals surface area contributed by atoms with Gasteiger partial charge < -0.3 is 11.1 Å². The van der Waals surface area contributed by atoms with Gasteiger partial charge in [-0.3, -0.25) is 0 Å². The molecule has 4 nitrogen and oxygen atoms in total. The zero-order valence-corrected chi connectivity index (χ0v) is 7.54. The molecular formula is C7H11ClN4. The predicted molar refractivity (Wildman–Crippen MR) is 49.2 cm³/mol.